The molecule has 286 valence electrons. The van der Waals surface area contributed by atoms with Gasteiger partial charge in [-0.25, -0.2) is 9.78 Å². The smallest absolute Gasteiger partial charge is 0.326 e. The van der Waals surface area contributed by atoms with Gasteiger partial charge < -0.3 is 31.3 Å². The summed E-state index contributed by atoms with van der Waals surface area (Å²) < 4.78 is 0. The van der Waals surface area contributed by atoms with Crippen LogP contribution in [-0.2, 0) is 35.2 Å². The number of carbonyl (C=O) groups is 7. The van der Waals surface area contributed by atoms with E-state index in [2.05, 4.69) is 31.2 Å². The van der Waals surface area contributed by atoms with E-state index in [9.17, 15) is 38.7 Å². The van der Waals surface area contributed by atoms with Crippen LogP contribution in [0.15, 0.2) is 48.9 Å². The Labute approximate surface area is 309 Å². The second-order valence-corrected chi connectivity index (χ2v) is 14.6. The Morgan fingerprint density at radius 3 is 2.17 bits per heavy atom. The van der Waals surface area contributed by atoms with Crippen molar-refractivity contribution in [1.82, 2.24) is 36.1 Å². The molecule has 2 aromatic rings. The Bertz CT molecular complexity index is 1640. The molecular formula is C38H51N7O8. The SMILES string of the molecule is CCCC(NC(=O)C1[C@H]2CCC[C@H]2CN1C(=O)C(NC(=O)[C@H](NC(=O)c1cnccn1)C(C)C)C(C)C)C(=O)C(=O)N[C@H](Cc1ccccc1)C(=O)O. The number of carboxylic acids is 1. The van der Waals surface area contributed by atoms with Gasteiger partial charge in [-0.3, -0.25) is 33.8 Å². The summed E-state index contributed by atoms with van der Waals surface area (Å²) in [6.45, 7) is 9.13. The monoisotopic (exact) mass is 733 g/mol. The highest BCUT2D eigenvalue weighted by atomic mass is 16.4. The lowest BCUT2D eigenvalue weighted by Gasteiger charge is -2.34. The van der Waals surface area contributed by atoms with Crippen molar-refractivity contribution < 1.29 is 38.7 Å². The molecule has 2 fully saturated rings. The summed E-state index contributed by atoms with van der Waals surface area (Å²) in [6.07, 6.45) is 6.93. The molecule has 1 aliphatic heterocycles. The molecule has 15 heteroatoms. The fourth-order valence-corrected chi connectivity index (χ4v) is 7.22. The van der Waals surface area contributed by atoms with Crippen molar-refractivity contribution in [3.05, 3.63) is 60.2 Å². The van der Waals surface area contributed by atoms with Crippen molar-refractivity contribution in [1.29, 1.82) is 0 Å². The van der Waals surface area contributed by atoms with Gasteiger partial charge in [0.2, 0.25) is 23.5 Å². The fourth-order valence-electron chi connectivity index (χ4n) is 7.22. The lowest BCUT2D eigenvalue weighted by Crippen LogP contribution is -2.60. The Hall–Kier alpha value is -5.21. The van der Waals surface area contributed by atoms with E-state index in [1.54, 1.807) is 65.0 Å². The summed E-state index contributed by atoms with van der Waals surface area (Å²) in [5.74, 6) is -6.53. The Morgan fingerprint density at radius 2 is 1.57 bits per heavy atom. The molecular weight excluding hydrogens is 682 g/mol. The van der Waals surface area contributed by atoms with E-state index in [1.807, 2.05) is 0 Å². The third kappa shape index (κ3) is 10.2. The van der Waals surface area contributed by atoms with Crippen molar-refractivity contribution in [3.8, 4) is 0 Å². The molecule has 4 rings (SSSR count). The predicted octanol–water partition coefficient (Wildman–Crippen LogP) is 1.67. The number of carboxylic acid groups (broad SMARTS) is 1. The van der Waals surface area contributed by atoms with Crippen LogP contribution in [0.2, 0.25) is 0 Å². The largest absolute Gasteiger partial charge is 0.480 e. The number of Topliss-reactive ketones (excluding diaryl/α,β-unsaturated/α-hetero) is 1. The molecule has 1 saturated carbocycles. The van der Waals surface area contributed by atoms with E-state index in [-0.39, 0.29) is 42.8 Å². The van der Waals surface area contributed by atoms with Crippen molar-refractivity contribution in [2.24, 2.45) is 23.7 Å². The number of carbonyl (C=O) groups excluding carboxylic acids is 6. The van der Waals surface area contributed by atoms with Gasteiger partial charge in [0.05, 0.1) is 12.2 Å². The van der Waals surface area contributed by atoms with Gasteiger partial charge in [0.25, 0.3) is 11.8 Å². The van der Waals surface area contributed by atoms with E-state index >= 15 is 0 Å². The van der Waals surface area contributed by atoms with Gasteiger partial charge in [-0.15, -0.1) is 0 Å². The van der Waals surface area contributed by atoms with Crippen LogP contribution >= 0.6 is 0 Å². The van der Waals surface area contributed by atoms with Gasteiger partial charge in [-0.2, -0.15) is 0 Å². The number of fused-ring (bicyclic) bond motifs is 1. The van der Waals surface area contributed by atoms with Gasteiger partial charge in [0, 0.05) is 25.4 Å². The first-order valence-corrected chi connectivity index (χ1v) is 18.3. The zero-order valence-corrected chi connectivity index (χ0v) is 30.9. The summed E-state index contributed by atoms with van der Waals surface area (Å²) in [6, 6.07) is 3.07. The van der Waals surface area contributed by atoms with Crippen LogP contribution in [0, 0.1) is 23.7 Å². The molecule has 0 spiro atoms. The normalized spacial score (nSPS) is 20.1. The highest BCUT2D eigenvalue weighted by Gasteiger charge is 2.51. The van der Waals surface area contributed by atoms with Crippen LogP contribution in [0.4, 0.5) is 0 Å². The van der Waals surface area contributed by atoms with Crippen molar-refractivity contribution in [3.63, 3.8) is 0 Å². The van der Waals surface area contributed by atoms with Crippen LogP contribution in [0.1, 0.15) is 82.8 Å². The van der Waals surface area contributed by atoms with Crippen LogP contribution < -0.4 is 21.3 Å². The molecule has 1 aliphatic carbocycles. The molecule has 0 bridgehead atoms. The number of hydrogen-bond donors (Lipinski definition) is 5. The van der Waals surface area contributed by atoms with E-state index < -0.39 is 77.4 Å². The van der Waals surface area contributed by atoms with Crippen LogP contribution in [0.3, 0.4) is 0 Å². The highest BCUT2D eigenvalue weighted by molar-refractivity contribution is 6.38. The number of aromatic nitrogens is 2. The number of likely N-dealkylation sites (tertiary alicyclic amines) is 1. The van der Waals surface area contributed by atoms with Gasteiger partial charge in [-0.1, -0.05) is 77.8 Å². The van der Waals surface area contributed by atoms with Gasteiger partial charge in [-0.05, 0) is 48.5 Å². The summed E-state index contributed by atoms with van der Waals surface area (Å²) >= 11 is 0. The minimum absolute atomic E-state index is 0.0332. The van der Waals surface area contributed by atoms with E-state index in [1.165, 1.54) is 23.5 Å². The maximum Gasteiger partial charge on any atom is 0.326 e. The molecule has 2 aliphatic rings. The second-order valence-electron chi connectivity index (χ2n) is 14.6. The van der Waals surface area contributed by atoms with Gasteiger partial charge in [0.15, 0.2) is 0 Å². The van der Waals surface area contributed by atoms with Crippen LogP contribution in [0.5, 0.6) is 0 Å². The number of aliphatic carboxylic acids is 1. The first-order valence-electron chi connectivity index (χ1n) is 18.3. The average Bonchev–Trinajstić information content (AvgIpc) is 3.74. The third-order valence-corrected chi connectivity index (χ3v) is 10.0. The zero-order chi connectivity index (χ0) is 38.8. The van der Waals surface area contributed by atoms with Crippen molar-refractivity contribution in [2.75, 3.05) is 6.54 Å². The first-order chi connectivity index (χ1) is 25.2. The maximum absolute atomic E-state index is 14.3. The minimum atomic E-state index is -1.37. The first kappa shape index (κ1) is 40.6. The molecule has 0 radical (unpaired) electrons. The summed E-state index contributed by atoms with van der Waals surface area (Å²) in [7, 11) is 0. The van der Waals surface area contributed by atoms with E-state index in [0.29, 0.717) is 18.4 Å². The lowest BCUT2D eigenvalue weighted by molar-refractivity contribution is -0.146. The van der Waals surface area contributed by atoms with Crippen molar-refractivity contribution in [2.45, 2.75) is 103 Å². The molecule has 7 atom stereocenters. The Kier molecular flexibility index (Phi) is 14.2. The molecule has 1 aromatic heterocycles. The fraction of sp³-hybridized carbons (Fsp3) is 0.553. The highest BCUT2D eigenvalue weighted by Crippen LogP contribution is 2.42. The Balaban J connectivity index is 1.50. The molecule has 15 nitrogen and oxygen atoms in total. The number of benzene rings is 1. The number of amides is 5. The summed E-state index contributed by atoms with van der Waals surface area (Å²) in [5, 5.41) is 20.3. The molecule has 1 aromatic carbocycles. The van der Waals surface area contributed by atoms with E-state index in [4.69, 9.17) is 0 Å². The summed E-state index contributed by atoms with van der Waals surface area (Å²) in [5.41, 5.74) is 0.691. The molecule has 53 heavy (non-hydrogen) atoms. The van der Waals surface area contributed by atoms with Crippen LogP contribution in [-0.4, -0.2) is 98.0 Å². The zero-order valence-electron chi connectivity index (χ0n) is 30.9. The average molecular weight is 734 g/mol. The third-order valence-electron chi connectivity index (χ3n) is 10.0. The number of ketones is 1. The minimum Gasteiger partial charge on any atom is -0.480 e. The topological polar surface area (TPSA) is 217 Å². The standard InChI is InChI=1S/C38H51N7O8/c1-6-11-26(32(46)36(50)42-27(38(52)53)18-23-12-8-7-9-13-23)41-35(49)31-25-15-10-14-24(25)20-45(31)37(51)30(22(4)5)44-34(48)29(21(2)3)43-33(47)28-19-39-16-17-40-28/h7-9,12-13,16-17,19,21-22,24-27,29-31H,6,10-11,14-15,18,20H2,1-5H3,(H,41,49)(H,42,50)(H,43,47)(H,44,48)(H,52,53)/t24-,25-,26?,27+,29+,30?,31?/m0/s1. The number of rotatable bonds is 17. The molecule has 3 unspecified atom stereocenters. The van der Waals surface area contributed by atoms with Gasteiger partial charge >= 0.3 is 5.97 Å². The van der Waals surface area contributed by atoms with Gasteiger partial charge in [0.1, 0.15) is 29.9 Å². The molecule has 1 saturated heterocycles. The maximum atomic E-state index is 14.3. The Morgan fingerprint density at radius 1 is 0.868 bits per heavy atom. The quantitative estimate of drug-likeness (QED) is 0.148. The van der Waals surface area contributed by atoms with Crippen molar-refractivity contribution >= 4 is 41.3 Å². The van der Waals surface area contributed by atoms with E-state index in [0.717, 1.165) is 12.8 Å². The second kappa shape index (κ2) is 18.5. The lowest BCUT2D eigenvalue weighted by atomic mass is 9.92. The van der Waals surface area contributed by atoms with Crippen LogP contribution in [0.25, 0.3) is 0 Å². The molecule has 5 amide bonds. The number of hydrogen-bond acceptors (Lipinski definition) is 9. The number of nitrogens with zero attached hydrogens (tertiary/aromatic N) is 3. The molecule has 2 heterocycles. The molecule has 5 N–H and O–H groups in total. The summed E-state index contributed by atoms with van der Waals surface area (Å²) in [4.78, 5) is 103. The number of nitrogens with one attached hydrogen (secondary N) is 4. The predicted molar refractivity (Wildman–Crippen MR) is 193 cm³/mol.